The van der Waals surface area contributed by atoms with E-state index >= 15 is 0 Å². The summed E-state index contributed by atoms with van der Waals surface area (Å²) in [7, 11) is 1.76. The third kappa shape index (κ3) is 2.79. The number of amides is 3. The highest BCUT2D eigenvalue weighted by Gasteiger charge is 2.28. The van der Waals surface area contributed by atoms with Gasteiger partial charge in [-0.15, -0.1) is 0 Å². The molecule has 0 aromatic heterocycles. The van der Waals surface area contributed by atoms with E-state index in [-0.39, 0.29) is 11.9 Å². The number of piperidine rings is 1. The van der Waals surface area contributed by atoms with Gasteiger partial charge in [-0.2, -0.15) is 0 Å². The fraction of sp³-hybridized carbons (Fsp3) is 0.467. The number of hydrogen-bond donors (Lipinski definition) is 2. The first-order chi connectivity index (χ1) is 10.1. The molecule has 1 atom stereocenters. The molecule has 1 unspecified atom stereocenters. The van der Waals surface area contributed by atoms with E-state index in [1.54, 1.807) is 18.0 Å². The van der Waals surface area contributed by atoms with Gasteiger partial charge in [0.25, 0.3) is 0 Å². The van der Waals surface area contributed by atoms with Crippen molar-refractivity contribution in [2.45, 2.75) is 25.3 Å². The number of carbonyl (C=O) groups is 2. The van der Waals surface area contributed by atoms with Crippen molar-refractivity contribution in [2.24, 2.45) is 0 Å². The minimum absolute atomic E-state index is 0.0362. The summed E-state index contributed by atoms with van der Waals surface area (Å²) in [6.07, 6.45) is 2.44. The van der Waals surface area contributed by atoms with Crippen LogP contribution in [0.3, 0.4) is 0 Å². The first-order valence-corrected chi connectivity index (χ1v) is 7.22. The van der Waals surface area contributed by atoms with E-state index < -0.39 is 6.04 Å². The third-order valence-electron chi connectivity index (χ3n) is 3.93. The standard InChI is InChI=1S/C15H19N3O3/c1-18-8-3-6-12(14(18)19)17-15(20)16-11-5-2-4-10-7-9-21-13(10)11/h2,4-5,12H,3,6-9H2,1H3,(H2,16,17,20). The summed E-state index contributed by atoms with van der Waals surface area (Å²) in [6, 6.07) is 4.88. The van der Waals surface area contributed by atoms with Gasteiger partial charge >= 0.3 is 6.03 Å². The lowest BCUT2D eigenvalue weighted by atomic mass is 10.1. The largest absolute Gasteiger partial charge is 0.491 e. The lowest BCUT2D eigenvalue weighted by molar-refractivity contribution is -0.134. The summed E-state index contributed by atoms with van der Waals surface area (Å²) in [5, 5.41) is 5.52. The van der Waals surface area contributed by atoms with Crippen LogP contribution < -0.4 is 15.4 Å². The number of likely N-dealkylation sites (N-methyl/N-ethyl adjacent to an activating group) is 1. The summed E-state index contributed by atoms with van der Waals surface area (Å²) in [5.41, 5.74) is 1.75. The Bertz CT molecular complexity index is 573. The van der Waals surface area contributed by atoms with Gasteiger partial charge in [-0.3, -0.25) is 4.79 Å². The van der Waals surface area contributed by atoms with Crippen molar-refractivity contribution in [2.75, 3.05) is 25.5 Å². The van der Waals surface area contributed by atoms with Gasteiger partial charge in [0.15, 0.2) is 0 Å². The molecule has 112 valence electrons. The Morgan fingerprint density at radius 1 is 1.43 bits per heavy atom. The molecule has 1 aromatic rings. The van der Waals surface area contributed by atoms with Crippen LogP contribution in [-0.2, 0) is 11.2 Å². The molecule has 6 nitrogen and oxygen atoms in total. The van der Waals surface area contributed by atoms with Gasteiger partial charge in [0.1, 0.15) is 11.8 Å². The second-order valence-corrected chi connectivity index (χ2v) is 5.45. The number of urea groups is 1. The van der Waals surface area contributed by atoms with Gasteiger partial charge in [0.05, 0.1) is 12.3 Å². The Balaban J connectivity index is 1.65. The Morgan fingerprint density at radius 2 is 2.29 bits per heavy atom. The van der Waals surface area contributed by atoms with Crippen LogP contribution in [0, 0.1) is 0 Å². The van der Waals surface area contributed by atoms with Gasteiger partial charge in [-0.1, -0.05) is 12.1 Å². The first kappa shape index (κ1) is 13.7. The zero-order valence-electron chi connectivity index (χ0n) is 12.0. The molecule has 2 aliphatic heterocycles. The third-order valence-corrected chi connectivity index (χ3v) is 3.93. The van der Waals surface area contributed by atoms with Crippen LogP contribution in [-0.4, -0.2) is 43.1 Å². The Hall–Kier alpha value is -2.24. The number of hydrogen-bond acceptors (Lipinski definition) is 3. The van der Waals surface area contributed by atoms with Crippen LogP contribution in [0.1, 0.15) is 18.4 Å². The fourth-order valence-corrected chi connectivity index (χ4v) is 2.80. The maximum absolute atomic E-state index is 12.1. The Labute approximate surface area is 123 Å². The number of nitrogens with zero attached hydrogens (tertiary/aromatic N) is 1. The lowest BCUT2D eigenvalue weighted by Gasteiger charge is -2.29. The summed E-state index contributed by atoms with van der Waals surface area (Å²) in [6.45, 7) is 1.39. The van der Waals surface area contributed by atoms with Crippen molar-refractivity contribution in [1.29, 1.82) is 0 Å². The minimum Gasteiger partial charge on any atom is -0.491 e. The number of anilines is 1. The monoisotopic (exact) mass is 289 g/mol. The highest BCUT2D eigenvalue weighted by molar-refractivity contribution is 5.95. The summed E-state index contributed by atoms with van der Waals surface area (Å²) < 4.78 is 5.54. The average molecular weight is 289 g/mol. The highest BCUT2D eigenvalue weighted by atomic mass is 16.5. The number of para-hydroxylation sites is 1. The SMILES string of the molecule is CN1CCCC(NC(=O)Nc2cccc3c2OCC3)C1=O. The van der Waals surface area contributed by atoms with E-state index in [1.165, 1.54) is 0 Å². The summed E-state index contributed by atoms with van der Waals surface area (Å²) in [5.74, 6) is 0.700. The second kappa shape index (κ2) is 5.63. The molecule has 21 heavy (non-hydrogen) atoms. The second-order valence-electron chi connectivity index (χ2n) is 5.45. The molecule has 6 heteroatoms. The number of benzene rings is 1. The number of likely N-dealkylation sites (tertiary alicyclic amines) is 1. The minimum atomic E-state index is -0.443. The molecule has 0 spiro atoms. The molecule has 1 aromatic carbocycles. The number of nitrogens with one attached hydrogen (secondary N) is 2. The maximum atomic E-state index is 12.1. The van der Waals surface area contributed by atoms with Gasteiger partial charge in [0, 0.05) is 20.0 Å². The smallest absolute Gasteiger partial charge is 0.319 e. The van der Waals surface area contributed by atoms with E-state index in [2.05, 4.69) is 10.6 Å². The zero-order valence-corrected chi connectivity index (χ0v) is 12.0. The van der Waals surface area contributed by atoms with Crippen molar-refractivity contribution in [3.63, 3.8) is 0 Å². The average Bonchev–Trinajstić information content (AvgIpc) is 2.93. The van der Waals surface area contributed by atoms with Crippen molar-refractivity contribution in [1.82, 2.24) is 10.2 Å². The van der Waals surface area contributed by atoms with Crippen molar-refractivity contribution in [3.05, 3.63) is 23.8 Å². The van der Waals surface area contributed by atoms with Crippen LogP contribution in [0.2, 0.25) is 0 Å². The van der Waals surface area contributed by atoms with E-state index in [0.717, 1.165) is 30.7 Å². The molecular weight excluding hydrogens is 270 g/mol. The molecule has 3 amide bonds. The molecule has 0 radical (unpaired) electrons. The van der Waals surface area contributed by atoms with Gasteiger partial charge in [-0.25, -0.2) is 4.79 Å². The van der Waals surface area contributed by atoms with Crippen molar-refractivity contribution in [3.8, 4) is 5.75 Å². The Kier molecular flexibility index (Phi) is 3.68. The molecule has 2 aliphatic rings. The van der Waals surface area contributed by atoms with E-state index in [4.69, 9.17) is 4.74 Å². The predicted octanol–water partition coefficient (Wildman–Crippen LogP) is 1.36. The first-order valence-electron chi connectivity index (χ1n) is 7.22. The van der Waals surface area contributed by atoms with Crippen molar-refractivity contribution >= 4 is 17.6 Å². The summed E-state index contributed by atoms with van der Waals surface area (Å²) in [4.78, 5) is 25.7. The van der Waals surface area contributed by atoms with Crippen LogP contribution in [0.5, 0.6) is 5.75 Å². The number of rotatable bonds is 2. The van der Waals surface area contributed by atoms with Crippen molar-refractivity contribution < 1.29 is 14.3 Å². The van der Waals surface area contributed by atoms with Crippen LogP contribution in [0.4, 0.5) is 10.5 Å². The van der Waals surface area contributed by atoms with E-state index in [0.29, 0.717) is 18.7 Å². The normalized spacial score (nSPS) is 20.7. The van der Waals surface area contributed by atoms with Crippen LogP contribution in [0.15, 0.2) is 18.2 Å². The highest BCUT2D eigenvalue weighted by Crippen LogP contribution is 2.33. The summed E-state index contributed by atoms with van der Waals surface area (Å²) >= 11 is 0. The number of carbonyl (C=O) groups excluding carboxylic acids is 2. The molecule has 0 saturated carbocycles. The molecule has 0 aliphatic carbocycles. The number of ether oxygens (including phenoxy) is 1. The lowest BCUT2D eigenvalue weighted by Crippen LogP contribution is -2.51. The molecule has 2 heterocycles. The van der Waals surface area contributed by atoms with Gasteiger partial charge in [0.2, 0.25) is 5.91 Å². The van der Waals surface area contributed by atoms with Gasteiger partial charge < -0.3 is 20.3 Å². The van der Waals surface area contributed by atoms with Crippen LogP contribution in [0.25, 0.3) is 0 Å². The molecule has 2 N–H and O–H groups in total. The predicted molar refractivity (Wildman–Crippen MR) is 78.5 cm³/mol. The number of fused-ring (bicyclic) bond motifs is 1. The quantitative estimate of drug-likeness (QED) is 0.863. The van der Waals surface area contributed by atoms with E-state index in [9.17, 15) is 9.59 Å². The fourth-order valence-electron chi connectivity index (χ4n) is 2.80. The zero-order chi connectivity index (χ0) is 14.8. The van der Waals surface area contributed by atoms with Gasteiger partial charge in [-0.05, 0) is 24.5 Å². The van der Waals surface area contributed by atoms with Crippen LogP contribution >= 0.6 is 0 Å². The van der Waals surface area contributed by atoms with E-state index in [1.807, 2.05) is 12.1 Å². The molecular formula is C15H19N3O3. The molecule has 3 rings (SSSR count). The molecule has 0 bridgehead atoms. The maximum Gasteiger partial charge on any atom is 0.319 e. The Morgan fingerprint density at radius 3 is 3.14 bits per heavy atom. The molecule has 1 fully saturated rings. The topological polar surface area (TPSA) is 70.7 Å². The molecule has 1 saturated heterocycles.